The first-order valence-electron chi connectivity index (χ1n) is 4.33. The Bertz CT molecular complexity index is 337. The molecule has 0 heterocycles. The van der Waals surface area contributed by atoms with Gasteiger partial charge in [0.25, 0.3) is 0 Å². The fourth-order valence-electron chi connectivity index (χ4n) is 0.812. The highest BCUT2D eigenvalue weighted by atomic mass is 35.5. The second kappa shape index (κ2) is 5.23. The lowest BCUT2D eigenvalue weighted by atomic mass is 10.3. The Morgan fingerprint density at radius 2 is 2.07 bits per heavy atom. The normalized spacial score (nSPS) is 10.9. The molecular weight excluding hydrogens is 219 g/mol. The van der Waals surface area contributed by atoms with E-state index >= 15 is 0 Å². The molecule has 4 heteroatoms. The van der Waals surface area contributed by atoms with Crippen LogP contribution in [0.5, 0.6) is 0 Å². The molecule has 0 atom stereocenters. The van der Waals surface area contributed by atoms with Crippen molar-refractivity contribution in [2.75, 3.05) is 13.6 Å². The highest BCUT2D eigenvalue weighted by Gasteiger charge is 1.97. The summed E-state index contributed by atoms with van der Waals surface area (Å²) in [6, 6.07) is 5.31. The average Bonchev–Trinajstić information content (AvgIpc) is 2.19. The molecule has 0 aliphatic carbocycles. The van der Waals surface area contributed by atoms with E-state index in [1.807, 2.05) is 18.0 Å². The van der Waals surface area contributed by atoms with Crippen LogP contribution in [0.1, 0.15) is 6.92 Å². The number of benzene rings is 1. The molecule has 0 aliphatic rings. The van der Waals surface area contributed by atoms with E-state index in [1.54, 1.807) is 18.5 Å². The molecule has 0 aromatic heterocycles. The van der Waals surface area contributed by atoms with Crippen LogP contribution in [0, 0.1) is 0 Å². The Kier molecular flexibility index (Phi) is 4.23. The standard InChI is InChI=1S/C10H12Cl2N2/c1-3-14(2)7-13-8-4-5-9(11)10(12)6-8/h4-7H,3H2,1-2H3. The molecule has 76 valence electrons. The maximum Gasteiger partial charge on any atom is 0.0909 e. The second-order valence-corrected chi connectivity index (χ2v) is 3.73. The summed E-state index contributed by atoms with van der Waals surface area (Å²) in [6.07, 6.45) is 1.76. The van der Waals surface area contributed by atoms with Gasteiger partial charge in [0, 0.05) is 13.6 Å². The Balaban J connectivity index is 2.77. The van der Waals surface area contributed by atoms with E-state index < -0.39 is 0 Å². The molecule has 0 fully saturated rings. The quantitative estimate of drug-likeness (QED) is 0.573. The highest BCUT2D eigenvalue weighted by molar-refractivity contribution is 6.42. The van der Waals surface area contributed by atoms with Gasteiger partial charge in [-0.3, -0.25) is 0 Å². The third kappa shape index (κ3) is 3.20. The van der Waals surface area contributed by atoms with Crippen LogP contribution in [0.4, 0.5) is 5.69 Å². The van der Waals surface area contributed by atoms with Crippen molar-refractivity contribution in [3.05, 3.63) is 28.2 Å². The molecule has 0 bridgehead atoms. The molecule has 1 aromatic carbocycles. The molecule has 1 rings (SSSR count). The van der Waals surface area contributed by atoms with Gasteiger partial charge in [-0.15, -0.1) is 0 Å². The van der Waals surface area contributed by atoms with Gasteiger partial charge < -0.3 is 4.90 Å². The maximum absolute atomic E-state index is 5.84. The summed E-state index contributed by atoms with van der Waals surface area (Å²) in [7, 11) is 1.96. The van der Waals surface area contributed by atoms with Crippen molar-refractivity contribution < 1.29 is 0 Å². The van der Waals surface area contributed by atoms with Crippen molar-refractivity contribution in [3.63, 3.8) is 0 Å². The molecular formula is C10H12Cl2N2. The Labute approximate surface area is 94.2 Å². The van der Waals surface area contributed by atoms with Crippen LogP contribution in [-0.4, -0.2) is 24.8 Å². The van der Waals surface area contributed by atoms with Gasteiger partial charge in [-0.05, 0) is 25.1 Å². The van der Waals surface area contributed by atoms with Crippen LogP contribution in [0.3, 0.4) is 0 Å². The SMILES string of the molecule is CCN(C)C=Nc1ccc(Cl)c(Cl)c1. The van der Waals surface area contributed by atoms with E-state index in [4.69, 9.17) is 23.2 Å². The number of hydrogen-bond donors (Lipinski definition) is 0. The van der Waals surface area contributed by atoms with Gasteiger partial charge in [0.1, 0.15) is 0 Å². The predicted molar refractivity (Wildman–Crippen MR) is 62.9 cm³/mol. The van der Waals surface area contributed by atoms with Crippen LogP contribution in [0.15, 0.2) is 23.2 Å². The molecule has 1 aromatic rings. The first-order chi connectivity index (χ1) is 6.63. The van der Waals surface area contributed by atoms with Crippen LogP contribution in [0.2, 0.25) is 10.0 Å². The fraction of sp³-hybridized carbons (Fsp3) is 0.300. The van der Waals surface area contributed by atoms with Crippen molar-refractivity contribution in [1.82, 2.24) is 4.90 Å². The zero-order valence-corrected chi connectivity index (χ0v) is 9.68. The molecule has 0 amide bonds. The lowest BCUT2D eigenvalue weighted by Crippen LogP contribution is -2.14. The number of rotatable bonds is 3. The number of hydrogen-bond acceptors (Lipinski definition) is 1. The van der Waals surface area contributed by atoms with Crippen molar-refractivity contribution in [2.24, 2.45) is 4.99 Å². The minimum absolute atomic E-state index is 0.528. The van der Waals surface area contributed by atoms with E-state index in [9.17, 15) is 0 Å². The molecule has 0 saturated heterocycles. The van der Waals surface area contributed by atoms with E-state index in [2.05, 4.69) is 11.9 Å². The first kappa shape index (κ1) is 11.3. The van der Waals surface area contributed by atoms with Crippen LogP contribution in [0.25, 0.3) is 0 Å². The summed E-state index contributed by atoms with van der Waals surface area (Å²) in [5.41, 5.74) is 0.805. The largest absolute Gasteiger partial charge is 0.366 e. The highest BCUT2D eigenvalue weighted by Crippen LogP contribution is 2.26. The van der Waals surface area contributed by atoms with Gasteiger partial charge in [0.15, 0.2) is 0 Å². The second-order valence-electron chi connectivity index (χ2n) is 2.92. The number of aliphatic imine (C=N–C) groups is 1. The van der Waals surface area contributed by atoms with Crippen molar-refractivity contribution in [2.45, 2.75) is 6.92 Å². The van der Waals surface area contributed by atoms with Crippen molar-refractivity contribution in [1.29, 1.82) is 0 Å². The summed E-state index contributed by atoms with van der Waals surface area (Å²) in [4.78, 5) is 6.21. The van der Waals surface area contributed by atoms with Gasteiger partial charge in [0.05, 0.1) is 22.1 Å². The summed E-state index contributed by atoms with van der Waals surface area (Å²) >= 11 is 11.6. The molecule has 0 spiro atoms. The summed E-state index contributed by atoms with van der Waals surface area (Å²) < 4.78 is 0. The van der Waals surface area contributed by atoms with E-state index in [0.29, 0.717) is 10.0 Å². The van der Waals surface area contributed by atoms with E-state index in [-0.39, 0.29) is 0 Å². The predicted octanol–water partition coefficient (Wildman–Crippen LogP) is 3.60. The van der Waals surface area contributed by atoms with Gasteiger partial charge >= 0.3 is 0 Å². The maximum atomic E-state index is 5.84. The summed E-state index contributed by atoms with van der Waals surface area (Å²) in [6.45, 7) is 2.98. The van der Waals surface area contributed by atoms with Crippen LogP contribution < -0.4 is 0 Å². The molecule has 0 saturated carbocycles. The van der Waals surface area contributed by atoms with Crippen molar-refractivity contribution >= 4 is 35.2 Å². The topological polar surface area (TPSA) is 15.6 Å². The smallest absolute Gasteiger partial charge is 0.0909 e. The molecule has 14 heavy (non-hydrogen) atoms. The summed E-state index contributed by atoms with van der Waals surface area (Å²) in [5.74, 6) is 0. The van der Waals surface area contributed by atoms with Crippen molar-refractivity contribution in [3.8, 4) is 0 Å². The van der Waals surface area contributed by atoms with Gasteiger partial charge in [-0.25, -0.2) is 4.99 Å². The molecule has 0 radical (unpaired) electrons. The Morgan fingerprint density at radius 3 is 2.64 bits per heavy atom. The van der Waals surface area contributed by atoms with Gasteiger partial charge in [-0.2, -0.15) is 0 Å². The minimum Gasteiger partial charge on any atom is -0.366 e. The number of nitrogens with zero attached hydrogens (tertiary/aromatic N) is 2. The molecule has 2 nitrogen and oxygen atoms in total. The minimum atomic E-state index is 0.528. The van der Waals surface area contributed by atoms with Crippen LogP contribution in [-0.2, 0) is 0 Å². The first-order valence-corrected chi connectivity index (χ1v) is 5.08. The van der Waals surface area contributed by atoms with Crippen LogP contribution >= 0.6 is 23.2 Å². The zero-order chi connectivity index (χ0) is 10.6. The lowest BCUT2D eigenvalue weighted by molar-refractivity contribution is 0.552. The molecule has 0 aliphatic heterocycles. The molecule has 0 N–H and O–H groups in total. The van der Waals surface area contributed by atoms with E-state index in [1.165, 1.54) is 0 Å². The Morgan fingerprint density at radius 1 is 1.36 bits per heavy atom. The van der Waals surface area contributed by atoms with Gasteiger partial charge in [-0.1, -0.05) is 23.2 Å². The van der Waals surface area contributed by atoms with Gasteiger partial charge in [0.2, 0.25) is 0 Å². The third-order valence-corrected chi connectivity index (χ3v) is 2.54. The lowest BCUT2D eigenvalue weighted by Gasteiger charge is -2.07. The third-order valence-electron chi connectivity index (χ3n) is 1.81. The molecule has 0 unspecified atom stereocenters. The van der Waals surface area contributed by atoms with E-state index in [0.717, 1.165) is 12.2 Å². The fourth-order valence-corrected chi connectivity index (χ4v) is 1.10. The number of halogens is 2. The summed E-state index contributed by atoms with van der Waals surface area (Å²) in [5, 5.41) is 1.08. The average molecular weight is 231 g/mol. The Hall–Kier alpha value is -0.730. The zero-order valence-electron chi connectivity index (χ0n) is 8.17. The monoisotopic (exact) mass is 230 g/mol.